The number of nitrogens with zero attached hydrogens (tertiary/aromatic N) is 3. The minimum absolute atomic E-state index is 0.0273. The first-order chi connectivity index (χ1) is 37.6. The molecule has 0 spiro atoms. The van der Waals surface area contributed by atoms with Crippen LogP contribution in [-0.2, 0) is 79.6 Å². The van der Waals surface area contributed by atoms with Crippen molar-refractivity contribution in [3.05, 3.63) is 70.8 Å². The van der Waals surface area contributed by atoms with E-state index in [0.29, 0.717) is 50.6 Å². The highest BCUT2D eigenvalue weighted by atomic mass is 19.1. The third-order valence-corrected chi connectivity index (χ3v) is 15.4. The minimum atomic E-state index is -2.05. The molecule has 5 rings (SSSR count). The lowest BCUT2D eigenvalue weighted by Gasteiger charge is -2.34. The molecule has 0 unspecified atom stereocenters. The number of rotatable bonds is 28. The first-order valence-electron chi connectivity index (χ1n) is 28.0. The van der Waals surface area contributed by atoms with Gasteiger partial charge in [0.2, 0.25) is 0 Å². The number of esters is 4. The van der Waals surface area contributed by atoms with Crippen LogP contribution in [0, 0.1) is 5.92 Å². The summed E-state index contributed by atoms with van der Waals surface area (Å²) in [5.41, 5.74) is -2.22. The van der Waals surface area contributed by atoms with Gasteiger partial charge in [-0.1, -0.05) is 62.4 Å². The molecular weight excluding hydrogens is 1040 g/mol. The van der Waals surface area contributed by atoms with Gasteiger partial charge in [-0.25, -0.2) is 23.2 Å². The predicted molar refractivity (Wildman–Crippen MR) is 293 cm³/mol. The summed E-state index contributed by atoms with van der Waals surface area (Å²) in [5, 5.41) is 2.89. The Bertz CT molecular complexity index is 2430. The van der Waals surface area contributed by atoms with Crippen LogP contribution in [0.3, 0.4) is 0 Å². The zero-order valence-electron chi connectivity index (χ0n) is 48.9. The van der Waals surface area contributed by atoms with Gasteiger partial charge in [-0.05, 0) is 134 Å². The number of benzene rings is 2. The van der Waals surface area contributed by atoms with Crippen LogP contribution in [0.5, 0.6) is 0 Å². The van der Waals surface area contributed by atoms with Gasteiger partial charge in [0, 0.05) is 73.3 Å². The maximum absolute atomic E-state index is 15.6. The summed E-state index contributed by atoms with van der Waals surface area (Å²) in [6, 6.07) is 11.2. The number of hydrogen-bond acceptors (Lipinski definition) is 15. The molecule has 444 valence electrons. The van der Waals surface area contributed by atoms with Crippen molar-refractivity contribution in [2.24, 2.45) is 5.92 Å². The molecule has 2 aromatic rings. The largest absolute Gasteiger partial charge is 0.453 e. The van der Waals surface area contributed by atoms with E-state index in [2.05, 4.69) is 5.32 Å². The Morgan fingerprint density at radius 2 is 1.06 bits per heavy atom. The molecule has 1 aliphatic carbocycles. The number of aldehydes is 1. The van der Waals surface area contributed by atoms with Gasteiger partial charge in [0.1, 0.15) is 35.0 Å². The maximum Gasteiger partial charge on any atom is 0.332 e. The topological polar surface area (TPSA) is 214 Å². The smallest absolute Gasteiger partial charge is 0.332 e. The van der Waals surface area contributed by atoms with Crippen molar-refractivity contribution in [3.8, 4) is 0 Å². The van der Waals surface area contributed by atoms with Crippen molar-refractivity contribution in [2.75, 3.05) is 54.6 Å². The van der Waals surface area contributed by atoms with Crippen LogP contribution in [-0.4, -0.2) is 177 Å². The summed E-state index contributed by atoms with van der Waals surface area (Å²) in [5.74, 6) is -5.72. The number of carbonyl (C=O) groups excluding carboxylic acids is 8. The molecule has 2 heterocycles. The molecule has 3 amide bonds. The first-order valence-corrected chi connectivity index (χ1v) is 28.0. The molecular formula is C60H86F2N4O14. The molecule has 3 aliphatic rings. The minimum Gasteiger partial charge on any atom is -0.453 e. The second-order valence-corrected chi connectivity index (χ2v) is 23.5. The Kier molecular flexibility index (Phi) is 23.3. The highest BCUT2D eigenvalue weighted by Crippen LogP contribution is 2.43. The fourth-order valence-electron chi connectivity index (χ4n) is 10.3. The van der Waals surface area contributed by atoms with Crippen molar-refractivity contribution in [3.63, 3.8) is 0 Å². The van der Waals surface area contributed by atoms with E-state index in [1.165, 1.54) is 62.7 Å². The molecule has 7 atom stereocenters. The fourth-order valence-corrected chi connectivity index (χ4v) is 10.3. The SMILES string of the molecule is CN[C@@H](CC(C)C)C(=O)O[C@H](C)C(=O)N(C)[C@@H](CC(C)(C)F)C(=O)O[C@H](Cc1ccc(C2CCOCC2)cc1)C(=O)N(C)C1(C(=O)O[C@H](C)C(=O)N(C)[C@@H](CC(C)(C)F)C(=O)O[C@@H](C=O)Cc2ccc(C3CCOCC3)cc2)CC1. The zero-order chi connectivity index (χ0) is 59.3. The normalized spacial score (nSPS) is 18.5. The van der Waals surface area contributed by atoms with Crippen LogP contribution >= 0.6 is 0 Å². The van der Waals surface area contributed by atoms with Crippen molar-refractivity contribution in [1.29, 1.82) is 0 Å². The summed E-state index contributed by atoms with van der Waals surface area (Å²) in [4.78, 5) is 114. The lowest BCUT2D eigenvalue weighted by molar-refractivity contribution is -0.175. The Labute approximate surface area is 470 Å². The van der Waals surface area contributed by atoms with E-state index in [1.54, 1.807) is 19.2 Å². The van der Waals surface area contributed by atoms with Gasteiger partial charge in [0.25, 0.3) is 17.7 Å². The summed E-state index contributed by atoms with van der Waals surface area (Å²) in [7, 11) is 5.40. The fraction of sp³-hybridized carbons (Fsp3) is 0.667. The second kappa shape index (κ2) is 28.7. The van der Waals surface area contributed by atoms with Gasteiger partial charge in [-0.2, -0.15) is 0 Å². The average Bonchev–Trinajstić information content (AvgIpc) is 4.25. The molecule has 1 N–H and O–H groups in total. The van der Waals surface area contributed by atoms with Crippen LogP contribution in [0.25, 0.3) is 0 Å². The van der Waals surface area contributed by atoms with E-state index < -0.39 is 114 Å². The van der Waals surface area contributed by atoms with E-state index in [4.69, 9.17) is 28.4 Å². The molecule has 0 bridgehead atoms. The van der Waals surface area contributed by atoms with Crippen molar-refractivity contribution in [1.82, 2.24) is 20.0 Å². The van der Waals surface area contributed by atoms with Crippen molar-refractivity contribution in [2.45, 2.75) is 197 Å². The number of alkyl halides is 2. The third-order valence-electron chi connectivity index (χ3n) is 15.4. The van der Waals surface area contributed by atoms with E-state index in [9.17, 15) is 38.4 Å². The van der Waals surface area contributed by atoms with Crippen LogP contribution in [0.15, 0.2) is 48.5 Å². The maximum atomic E-state index is 15.6. The standard InChI is InChI=1S/C60H86F2N4O14/c1-37(2)31-47(63-9)54(71)77-38(3)51(68)65(11)49(35-59(7,8)62)56(73)80-50(33-41-15-19-43(20-16-41)45-23-29-76-30-24-45)53(70)66(12)60(25-26-60)57(74)78-39(4)52(69)64(10)48(34-58(5,6)61)55(72)79-46(36-67)32-40-13-17-42(18-14-40)44-21-27-75-28-22-44/h13-20,36-39,44-50,63H,21-35H2,1-12H3/t38-,39-,46-,47+,48+,49+,50-/m1/s1. The molecule has 20 heteroatoms. The van der Waals surface area contributed by atoms with Gasteiger partial charge in [0.05, 0.1) is 0 Å². The summed E-state index contributed by atoms with van der Waals surface area (Å²) in [6.45, 7) is 13.9. The number of halogens is 2. The molecule has 2 aromatic carbocycles. The highest BCUT2D eigenvalue weighted by molar-refractivity contribution is 5.96. The molecule has 18 nitrogen and oxygen atoms in total. The molecule has 0 aromatic heterocycles. The number of hydrogen-bond donors (Lipinski definition) is 1. The zero-order valence-corrected chi connectivity index (χ0v) is 48.9. The van der Waals surface area contributed by atoms with Crippen LogP contribution < -0.4 is 5.32 Å². The Balaban J connectivity index is 1.33. The van der Waals surface area contributed by atoms with Crippen molar-refractivity contribution >= 4 is 47.9 Å². The van der Waals surface area contributed by atoms with E-state index in [1.807, 2.05) is 50.2 Å². The van der Waals surface area contributed by atoms with Gasteiger partial charge in [-0.3, -0.25) is 24.0 Å². The van der Waals surface area contributed by atoms with Crippen LogP contribution in [0.4, 0.5) is 8.78 Å². The predicted octanol–water partition coefficient (Wildman–Crippen LogP) is 6.70. The second-order valence-electron chi connectivity index (χ2n) is 23.5. The molecule has 1 saturated carbocycles. The summed E-state index contributed by atoms with van der Waals surface area (Å²) in [6.07, 6.45) is -2.68. The van der Waals surface area contributed by atoms with E-state index in [-0.39, 0.29) is 37.5 Å². The van der Waals surface area contributed by atoms with E-state index in [0.717, 1.165) is 57.1 Å². The average molecular weight is 1130 g/mol. The Hall–Kier alpha value is -5.86. The molecule has 0 radical (unpaired) electrons. The third kappa shape index (κ3) is 18.3. The number of nitrogens with one attached hydrogen (secondary N) is 1. The number of ether oxygens (including phenoxy) is 6. The van der Waals surface area contributed by atoms with Crippen molar-refractivity contribution < 1.29 is 75.6 Å². The number of likely N-dealkylation sites (N-methyl/N-ethyl adjacent to an activating group) is 4. The molecule has 3 fully saturated rings. The number of carbonyl (C=O) groups is 8. The lowest BCUT2D eigenvalue weighted by atomic mass is 9.90. The monoisotopic (exact) mass is 1120 g/mol. The van der Waals surface area contributed by atoms with E-state index >= 15 is 8.78 Å². The Morgan fingerprint density at radius 3 is 1.46 bits per heavy atom. The van der Waals surface area contributed by atoms with Gasteiger partial charge in [-0.15, -0.1) is 0 Å². The molecule has 2 aliphatic heterocycles. The van der Waals surface area contributed by atoms with Crippen LogP contribution in [0.1, 0.15) is 147 Å². The summed E-state index contributed by atoms with van der Waals surface area (Å²) < 4.78 is 64.9. The van der Waals surface area contributed by atoms with Gasteiger partial charge < -0.3 is 48.4 Å². The Morgan fingerprint density at radius 1 is 0.637 bits per heavy atom. The first kappa shape index (κ1) is 65.0. The quantitative estimate of drug-likeness (QED) is 0.0533. The van der Waals surface area contributed by atoms with Gasteiger partial charge >= 0.3 is 23.9 Å². The van der Waals surface area contributed by atoms with Gasteiger partial charge in [0.15, 0.2) is 30.7 Å². The summed E-state index contributed by atoms with van der Waals surface area (Å²) >= 11 is 0. The number of amides is 3. The van der Waals surface area contributed by atoms with Crippen LogP contribution in [0.2, 0.25) is 0 Å². The molecule has 80 heavy (non-hydrogen) atoms. The lowest BCUT2D eigenvalue weighted by Crippen LogP contribution is -2.55. The molecule has 2 saturated heterocycles. The highest BCUT2D eigenvalue weighted by Gasteiger charge is 2.58.